The molecule has 0 spiro atoms. The van der Waals surface area contributed by atoms with Crippen LogP contribution in [-0.4, -0.2) is 28.6 Å². The number of aryl methyl sites for hydroxylation is 1. The highest BCUT2D eigenvalue weighted by atomic mass is 32.1. The van der Waals surface area contributed by atoms with E-state index in [0.717, 1.165) is 5.52 Å². The number of hydrogen-bond acceptors (Lipinski definition) is 6. The smallest absolute Gasteiger partial charge is 0.317 e. The van der Waals surface area contributed by atoms with Gasteiger partial charge in [-0.1, -0.05) is 11.3 Å². The van der Waals surface area contributed by atoms with Crippen LogP contribution in [0, 0.1) is 10.1 Å². The fourth-order valence-electron chi connectivity index (χ4n) is 1.97. The summed E-state index contributed by atoms with van der Waals surface area (Å²) in [5.74, 6) is -0.494. The van der Waals surface area contributed by atoms with Crippen molar-refractivity contribution in [1.82, 2.24) is 4.57 Å². The van der Waals surface area contributed by atoms with Gasteiger partial charge in [-0.3, -0.25) is 14.9 Å². The van der Waals surface area contributed by atoms with Crippen LogP contribution in [0.4, 0.5) is 5.69 Å². The largest absolute Gasteiger partial charge is 0.494 e. The Kier molecular flexibility index (Phi) is 3.63. The third-order valence-corrected chi connectivity index (χ3v) is 4.16. The van der Waals surface area contributed by atoms with Crippen molar-refractivity contribution in [2.24, 2.45) is 12.0 Å². The molecule has 0 saturated heterocycles. The van der Waals surface area contributed by atoms with Crippen LogP contribution in [-0.2, 0) is 21.3 Å². The lowest BCUT2D eigenvalue weighted by Crippen LogP contribution is -2.18. The average molecular weight is 321 g/mol. The zero-order valence-corrected chi connectivity index (χ0v) is 12.3. The van der Waals surface area contributed by atoms with Crippen molar-refractivity contribution in [2.45, 2.75) is 0 Å². The number of ether oxygens (including phenoxy) is 2. The standard InChI is InChI=1S/C13H11N3O5S/c1-15-9-3-2-8(16(18)19)6-11(9)22-13(15)14-12(17)10-7-20-4-5-21-10/h2-3,6-7H,4-5H2,1H3. The summed E-state index contributed by atoms with van der Waals surface area (Å²) in [5, 5.41) is 10.8. The minimum atomic E-state index is -0.545. The molecule has 0 unspecified atom stereocenters. The van der Waals surface area contributed by atoms with Gasteiger partial charge in [0.15, 0.2) is 4.80 Å². The van der Waals surface area contributed by atoms with Crippen LogP contribution in [0.15, 0.2) is 35.2 Å². The van der Waals surface area contributed by atoms with Crippen LogP contribution in [0.25, 0.3) is 10.2 Å². The number of aromatic nitrogens is 1. The normalized spacial score (nSPS) is 15.1. The lowest BCUT2D eigenvalue weighted by molar-refractivity contribution is -0.384. The number of fused-ring (bicyclic) bond motifs is 1. The molecule has 1 aliphatic heterocycles. The van der Waals surface area contributed by atoms with Crippen molar-refractivity contribution >= 4 is 33.1 Å². The van der Waals surface area contributed by atoms with Crippen molar-refractivity contribution in [2.75, 3.05) is 13.2 Å². The van der Waals surface area contributed by atoms with E-state index >= 15 is 0 Å². The van der Waals surface area contributed by atoms with Gasteiger partial charge in [-0.15, -0.1) is 0 Å². The molecule has 1 amide bonds. The monoisotopic (exact) mass is 321 g/mol. The summed E-state index contributed by atoms with van der Waals surface area (Å²) in [4.78, 5) is 26.8. The van der Waals surface area contributed by atoms with E-state index in [4.69, 9.17) is 9.47 Å². The van der Waals surface area contributed by atoms with Crippen LogP contribution in [0.3, 0.4) is 0 Å². The van der Waals surface area contributed by atoms with Gasteiger partial charge in [0, 0.05) is 19.2 Å². The molecule has 2 heterocycles. The molecule has 22 heavy (non-hydrogen) atoms. The average Bonchev–Trinajstić information content (AvgIpc) is 2.84. The molecule has 9 heteroatoms. The summed E-state index contributed by atoms with van der Waals surface area (Å²) in [6.45, 7) is 0.703. The molecule has 0 saturated carbocycles. The molecule has 114 valence electrons. The molecule has 1 aliphatic rings. The first-order valence-corrected chi connectivity index (χ1v) is 7.15. The van der Waals surface area contributed by atoms with Gasteiger partial charge in [0.1, 0.15) is 19.5 Å². The van der Waals surface area contributed by atoms with E-state index in [1.54, 1.807) is 17.7 Å². The van der Waals surface area contributed by atoms with Gasteiger partial charge >= 0.3 is 5.91 Å². The lowest BCUT2D eigenvalue weighted by atomic mass is 10.3. The Labute approximate surface area is 128 Å². The van der Waals surface area contributed by atoms with E-state index in [9.17, 15) is 14.9 Å². The van der Waals surface area contributed by atoms with Crippen molar-refractivity contribution in [3.05, 3.63) is 45.1 Å². The second-order valence-corrected chi connectivity index (χ2v) is 5.48. The molecule has 0 N–H and O–H groups in total. The minimum Gasteiger partial charge on any atom is -0.494 e. The molecule has 0 bridgehead atoms. The Morgan fingerprint density at radius 2 is 2.27 bits per heavy atom. The number of thiazole rings is 1. The van der Waals surface area contributed by atoms with Crippen LogP contribution >= 0.6 is 11.3 Å². The van der Waals surface area contributed by atoms with E-state index in [0.29, 0.717) is 22.7 Å². The number of nitrogens with zero attached hydrogens (tertiary/aromatic N) is 3. The number of rotatable bonds is 2. The maximum Gasteiger partial charge on any atom is 0.317 e. The first-order valence-electron chi connectivity index (χ1n) is 6.34. The van der Waals surface area contributed by atoms with Crippen LogP contribution < -0.4 is 4.80 Å². The maximum atomic E-state index is 12.0. The summed E-state index contributed by atoms with van der Waals surface area (Å²) in [6.07, 6.45) is 1.24. The maximum absolute atomic E-state index is 12.0. The Morgan fingerprint density at radius 3 is 2.95 bits per heavy atom. The Morgan fingerprint density at radius 1 is 1.45 bits per heavy atom. The molecule has 0 aliphatic carbocycles. The number of benzene rings is 1. The van der Waals surface area contributed by atoms with E-state index in [-0.39, 0.29) is 11.4 Å². The molecule has 0 atom stereocenters. The van der Waals surface area contributed by atoms with Gasteiger partial charge in [0.05, 0.1) is 15.1 Å². The Bertz CT molecular complexity index is 864. The second kappa shape index (κ2) is 5.60. The van der Waals surface area contributed by atoms with E-state index in [1.807, 2.05) is 0 Å². The lowest BCUT2D eigenvalue weighted by Gasteiger charge is -2.12. The number of amides is 1. The number of carbonyl (C=O) groups excluding carboxylic acids is 1. The Hall–Kier alpha value is -2.68. The van der Waals surface area contributed by atoms with Crippen LogP contribution in [0.5, 0.6) is 0 Å². The quantitative estimate of drug-likeness (QED) is 0.616. The van der Waals surface area contributed by atoms with Crippen molar-refractivity contribution in [1.29, 1.82) is 0 Å². The van der Waals surface area contributed by atoms with Gasteiger partial charge in [-0.2, -0.15) is 4.99 Å². The van der Waals surface area contributed by atoms with Crippen molar-refractivity contribution in [3.8, 4) is 0 Å². The van der Waals surface area contributed by atoms with Gasteiger partial charge in [-0.25, -0.2) is 0 Å². The summed E-state index contributed by atoms with van der Waals surface area (Å²) in [6, 6.07) is 4.51. The SMILES string of the molecule is Cn1c(=NC(=O)C2=COCCO2)sc2cc([N+](=O)[O-])ccc21. The fraction of sp³-hybridized carbons (Fsp3) is 0.231. The summed E-state index contributed by atoms with van der Waals surface area (Å²) >= 11 is 1.20. The number of hydrogen-bond donors (Lipinski definition) is 0. The Balaban J connectivity index is 2.05. The molecule has 1 aromatic carbocycles. The molecular formula is C13H11N3O5S. The molecule has 2 aromatic rings. The van der Waals surface area contributed by atoms with Gasteiger partial charge in [-0.05, 0) is 6.07 Å². The molecule has 3 rings (SSSR count). The predicted molar refractivity (Wildman–Crippen MR) is 78.0 cm³/mol. The number of nitro groups is 1. The number of non-ortho nitro benzene ring substituents is 1. The van der Waals surface area contributed by atoms with Gasteiger partial charge in [0.25, 0.3) is 5.69 Å². The third kappa shape index (κ3) is 2.58. The van der Waals surface area contributed by atoms with Crippen molar-refractivity contribution < 1.29 is 19.2 Å². The zero-order valence-electron chi connectivity index (χ0n) is 11.5. The van der Waals surface area contributed by atoms with Crippen molar-refractivity contribution in [3.63, 3.8) is 0 Å². The zero-order chi connectivity index (χ0) is 15.7. The topological polar surface area (TPSA) is 96.0 Å². The number of carbonyl (C=O) groups is 1. The van der Waals surface area contributed by atoms with Gasteiger partial charge in [0.2, 0.25) is 5.76 Å². The highest BCUT2D eigenvalue weighted by molar-refractivity contribution is 7.16. The highest BCUT2D eigenvalue weighted by Gasteiger charge is 2.15. The summed E-state index contributed by atoms with van der Waals surface area (Å²) in [7, 11) is 1.74. The van der Waals surface area contributed by atoms with E-state index < -0.39 is 10.8 Å². The predicted octanol–water partition coefficient (Wildman–Crippen LogP) is 1.46. The summed E-state index contributed by atoms with van der Waals surface area (Å²) < 4.78 is 12.6. The first-order chi connectivity index (χ1) is 10.6. The van der Waals surface area contributed by atoms with Gasteiger partial charge < -0.3 is 14.0 Å². The molecular weight excluding hydrogens is 310 g/mol. The number of nitro benzene ring substituents is 1. The fourth-order valence-corrected chi connectivity index (χ4v) is 3.02. The van der Waals surface area contributed by atoms with E-state index in [1.165, 1.54) is 29.7 Å². The summed E-state index contributed by atoms with van der Waals surface area (Å²) in [5.41, 5.74) is 0.760. The second-order valence-electron chi connectivity index (χ2n) is 4.47. The molecule has 8 nitrogen and oxygen atoms in total. The minimum absolute atomic E-state index is 0.000973. The third-order valence-electron chi connectivity index (χ3n) is 3.06. The molecule has 0 radical (unpaired) electrons. The highest BCUT2D eigenvalue weighted by Crippen LogP contribution is 2.22. The molecule has 0 fully saturated rings. The first kappa shape index (κ1) is 14.3. The molecule has 1 aromatic heterocycles. The van der Waals surface area contributed by atoms with Crippen LogP contribution in [0.1, 0.15) is 0 Å². The van der Waals surface area contributed by atoms with Crippen LogP contribution in [0.2, 0.25) is 0 Å². The van der Waals surface area contributed by atoms with E-state index in [2.05, 4.69) is 4.99 Å².